The fraction of sp³-hybridized carbons (Fsp3) is 0.471. The normalized spacial score (nSPS) is 22.8. The Balaban J connectivity index is 1.58. The summed E-state index contributed by atoms with van der Waals surface area (Å²) in [6, 6.07) is 8.27. The molecule has 1 saturated carbocycles. The molecule has 1 atom stereocenters. The maximum atomic E-state index is 13.9. The Labute approximate surface area is 137 Å². The van der Waals surface area contributed by atoms with Crippen LogP contribution >= 0.6 is 0 Å². The number of rotatable bonds is 4. The van der Waals surface area contributed by atoms with Gasteiger partial charge in [-0.1, -0.05) is 18.2 Å². The van der Waals surface area contributed by atoms with Gasteiger partial charge in [-0.25, -0.2) is 8.78 Å². The van der Waals surface area contributed by atoms with E-state index in [9.17, 15) is 13.6 Å². The highest BCUT2D eigenvalue weighted by molar-refractivity contribution is 5.77. The van der Waals surface area contributed by atoms with Crippen molar-refractivity contribution in [3.05, 3.63) is 36.2 Å². The molecule has 2 heterocycles. The molecule has 1 saturated heterocycles. The zero-order valence-corrected chi connectivity index (χ0v) is 13.0. The van der Waals surface area contributed by atoms with Gasteiger partial charge in [0.15, 0.2) is 0 Å². The maximum Gasteiger partial charge on any atom is 0.267 e. The fourth-order valence-corrected chi connectivity index (χ4v) is 3.05. The summed E-state index contributed by atoms with van der Waals surface area (Å²) >= 11 is 0. The van der Waals surface area contributed by atoms with Gasteiger partial charge in [0.05, 0.1) is 6.54 Å². The third kappa shape index (κ3) is 3.02. The minimum Gasteiger partial charge on any atom is -0.418 e. The van der Waals surface area contributed by atoms with Crippen LogP contribution in [0.4, 0.5) is 8.78 Å². The Morgan fingerprint density at radius 3 is 2.71 bits per heavy atom. The Morgan fingerprint density at radius 2 is 2.00 bits per heavy atom. The van der Waals surface area contributed by atoms with Crippen molar-refractivity contribution in [2.24, 2.45) is 5.92 Å². The average molecular weight is 333 g/mol. The van der Waals surface area contributed by atoms with Gasteiger partial charge in [0.1, 0.15) is 6.04 Å². The van der Waals surface area contributed by atoms with E-state index >= 15 is 0 Å². The molecular weight excluding hydrogens is 316 g/mol. The number of likely N-dealkylation sites (tertiary alicyclic amines) is 1. The molecule has 24 heavy (non-hydrogen) atoms. The molecule has 4 rings (SSSR count). The Kier molecular flexibility index (Phi) is 3.58. The minimum atomic E-state index is -2.93. The lowest BCUT2D eigenvalue weighted by Crippen LogP contribution is -2.33. The van der Waals surface area contributed by atoms with Crippen molar-refractivity contribution in [3.63, 3.8) is 0 Å². The molecule has 0 bridgehead atoms. The van der Waals surface area contributed by atoms with Gasteiger partial charge in [-0.2, -0.15) is 0 Å². The van der Waals surface area contributed by atoms with Gasteiger partial charge in [-0.15, -0.1) is 10.2 Å². The van der Waals surface area contributed by atoms with Crippen LogP contribution in [0.2, 0.25) is 0 Å². The van der Waals surface area contributed by atoms with Gasteiger partial charge in [0.2, 0.25) is 17.7 Å². The number of carbonyl (C=O) groups is 1. The van der Waals surface area contributed by atoms with Gasteiger partial charge < -0.3 is 9.32 Å². The molecule has 0 spiro atoms. The van der Waals surface area contributed by atoms with Crippen LogP contribution in [0.15, 0.2) is 34.7 Å². The molecule has 0 radical (unpaired) electrons. The maximum absolute atomic E-state index is 13.9. The number of hydrogen-bond acceptors (Lipinski definition) is 4. The number of amides is 1. The molecule has 0 N–H and O–H groups in total. The molecule has 1 aromatic heterocycles. The second-order valence-electron chi connectivity index (χ2n) is 6.56. The lowest BCUT2D eigenvalue weighted by Gasteiger charge is -2.21. The van der Waals surface area contributed by atoms with E-state index in [-0.39, 0.29) is 17.7 Å². The third-order valence-electron chi connectivity index (χ3n) is 4.50. The standard InChI is InChI=1S/C17H17F2N3O2/c18-17(19)9-13(22(10-17)14(23)8-11-6-7-11)16-21-20-15(24-16)12-4-2-1-3-5-12/h1-5,11,13H,6-10H2/t13-/m0/s1. The third-order valence-corrected chi connectivity index (χ3v) is 4.50. The topological polar surface area (TPSA) is 59.2 Å². The van der Waals surface area contributed by atoms with Crippen LogP contribution in [-0.2, 0) is 4.79 Å². The van der Waals surface area contributed by atoms with Crippen molar-refractivity contribution in [2.75, 3.05) is 6.54 Å². The fourth-order valence-electron chi connectivity index (χ4n) is 3.05. The zero-order chi connectivity index (χ0) is 16.7. The van der Waals surface area contributed by atoms with Crippen LogP contribution in [0.3, 0.4) is 0 Å². The molecule has 0 unspecified atom stereocenters. The van der Waals surface area contributed by atoms with Crippen LogP contribution in [0.25, 0.3) is 11.5 Å². The SMILES string of the molecule is O=C(CC1CC1)N1CC(F)(F)C[C@H]1c1nnc(-c2ccccc2)o1. The van der Waals surface area contributed by atoms with Crippen molar-refractivity contribution < 1.29 is 18.0 Å². The summed E-state index contributed by atoms with van der Waals surface area (Å²) in [4.78, 5) is 13.6. The van der Waals surface area contributed by atoms with Crippen LogP contribution in [0.5, 0.6) is 0 Å². The monoisotopic (exact) mass is 333 g/mol. The van der Waals surface area contributed by atoms with E-state index in [4.69, 9.17) is 4.42 Å². The van der Waals surface area contributed by atoms with E-state index in [0.29, 0.717) is 12.3 Å². The molecule has 126 valence electrons. The lowest BCUT2D eigenvalue weighted by molar-refractivity contribution is -0.134. The predicted octanol–water partition coefficient (Wildman–Crippen LogP) is 3.45. The quantitative estimate of drug-likeness (QED) is 0.860. The van der Waals surface area contributed by atoms with Crippen LogP contribution in [0.1, 0.15) is 37.6 Å². The largest absolute Gasteiger partial charge is 0.418 e. The number of aromatic nitrogens is 2. The van der Waals surface area contributed by atoms with Gasteiger partial charge >= 0.3 is 0 Å². The van der Waals surface area contributed by atoms with Crippen molar-refractivity contribution in [1.29, 1.82) is 0 Å². The molecule has 2 fully saturated rings. The molecule has 1 aliphatic carbocycles. The zero-order valence-electron chi connectivity index (χ0n) is 13.0. The smallest absolute Gasteiger partial charge is 0.267 e. The summed E-state index contributed by atoms with van der Waals surface area (Å²) in [6.07, 6.45) is 1.85. The number of halogens is 2. The van der Waals surface area contributed by atoms with Gasteiger partial charge in [-0.05, 0) is 30.9 Å². The number of carbonyl (C=O) groups excluding carboxylic acids is 1. The van der Waals surface area contributed by atoms with E-state index in [1.807, 2.05) is 18.2 Å². The molecule has 1 aromatic carbocycles. The number of benzene rings is 1. The second kappa shape index (κ2) is 5.65. The first-order chi connectivity index (χ1) is 11.5. The molecule has 2 aliphatic rings. The lowest BCUT2D eigenvalue weighted by atomic mass is 10.2. The summed E-state index contributed by atoms with van der Waals surface area (Å²) < 4.78 is 33.4. The van der Waals surface area contributed by atoms with E-state index in [1.165, 1.54) is 4.90 Å². The van der Waals surface area contributed by atoms with E-state index in [1.54, 1.807) is 12.1 Å². The summed E-state index contributed by atoms with van der Waals surface area (Å²) in [6.45, 7) is -0.577. The van der Waals surface area contributed by atoms with Crippen LogP contribution in [0, 0.1) is 5.92 Å². The van der Waals surface area contributed by atoms with E-state index < -0.39 is 24.9 Å². The summed E-state index contributed by atoms with van der Waals surface area (Å²) in [5, 5.41) is 7.87. The summed E-state index contributed by atoms with van der Waals surface area (Å²) in [7, 11) is 0. The Bertz CT molecular complexity index is 743. The van der Waals surface area contributed by atoms with Crippen molar-refractivity contribution in [1.82, 2.24) is 15.1 Å². The van der Waals surface area contributed by atoms with Crippen molar-refractivity contribution in [2.45, 2.75) is 37.6 Å². The van der Waals surface area contributed by atoms with E-state index in [2.05, 4.69) is 10.2 Å². The number of alkyl halides is 2. The summed E-state index contributed by atoms with van der Waals surface area (Å²) in [5.41, 5.74) is 0.719. The number of nitrogens with zero attached hydrogens (tertiary/aromatic N) is 3. The molecule has 7 heteroatoms. The molecule has 5 nitrogen and oxygen atoms in total. The van der Waals surface area contributed by atoms with Gasteiger partial charge in [0.25, 0.3) is 5.92 Å². The molecule has 1 aliphatic heterocycles. The Hall–Kier alpha value is -2.31. The first-order valence-corrected chi connectivity index (χ1v) is 8.08. The van der Waals surface area contributed by atoms with Crippen molar-refractivity contribution in [3.8, 4) is 11.5 Å². The number of hydrogen-bond donors (Lipinski definition) is 0. The summed E-state index contributed by atoms with van der Waals surface area (Å²) in [5.74, 6) is -2.48. The molecule has 2 aromatic rings. The average Bonchev–Trinajstić information content (AvgIpc) is 3.12. The predicted molar refractivity (Wildman–Crippen MR) is 81.1 cm³/mol. The second-order valence-corrected chi connectivity index (χ2v) is 6.56. The Morgan fingerprint density at radius 1 is 1.25 bits per heavy atom. The van der Waals surface area contributed by atoms with E-state index in [0.717, 1.165) is 18.4 Å². The van der Waals surface area contributed by atoms with Crippen molar-refractivity contribution >= 4 is 5.91 Å². The van der Waals surface area contributed by atoms with Gasteiger partial charge in [-0.3, -0.25) is 4.79 Å². The highest BCUT2D eigenvalue weighted by atomic mass is 19.3. The first-order valence-electron chi connectivity index (χ1n) is 8.08. The minimum absolute atomic E-state index is 0.0789. The first kappa shape index (κ1) is 15.2. The van der Waals surface area contributed by atoms with Crippen LogP contribution < -0.4 is 0 Å². The highest BCUT2D eigenvalue weighted by Crippen LogP contribution is 2.43. The molecule has 1 amide bonds. The molecular formula is C17H17F2N3O2. The van der Waals surface area contributed by atoms with Gasteiger partial charge in [0, 0.05) is 18.4 Å². The highest BCUT2D eigenvalue weighted by Gasteiger charge is 2.50. The van der Waals surface area contributed by atoms with Crippen LogP contribution in [-0.4, -0.2) is 33.5 Å².